The predicted octanol–water partition coefficient (Wildman–Crippen LogP) is 3.81. The van der Waals surface area contributed by atoms with Crippen molar-refractivity contribution in [2.75, 3.05) is 17.2 Å². The van der Waals surface area contributed by atoms with E-state index in [4.69, 9.17) is 15.0 Å². The lowest BCUT2D eigenvalue weighted by Gasteiger charge is -2.20. The Labute approximate surface area is 214 Å². The summed E-state index contributed by atoms with van der Waals surface area (Å²) in [5, 5.41) is 21.5. The van der Waals surface area contributed by atoms with Crippen LogP contribution in [0, 0.1) is 25.7 Å². The summed E-state index contributed by atoms with van der Waals surface area (Å²) in [6, 6.07) is 2.36. The number of aryl methyl sites for hydroxylation is 2. The number of fused-ring (bicyclic) bond motifs is 1. The van der Waals surface area contributed by atoms with Gasteiger partial charge in [0.1, 0.15) is 22.4 Å². The molecule has 0 radical (unpaired) electrons. The van der Waals surface area contributed by atoms with E-state index in [0.29, 0.717) is 11.9 Å². The Morgan fingerprint density at radius 2 is 1.89 bits per heavy atom. The molecule has 3 atom stereocenters. The van der Waals surface area contributed by atoms with E-state index in [9.17, 15) is 9.90 Å². The largest absolute Gasteiger partial charge is 0.383 e. The molecule has 3 saturated carbocycles. The first-order chi connectivity index (χ1) is 17.4. The second-order valence-corrected chi connectivity index (χ2v) is 11.6. The Morgan fingerprint density at radius 3 is 2.64 bits per heavy atom. The average Bonchev–Trinajstić information content (AvgIpc) is 3.76. The van der Waals surface area contributed by atoms with E-state index in [2.05, 4.69) is 20.9 Å². The van der Waals surface area contributed by atoms with Crippen LogP contribution >= 0.6 is 11.3 Å². The third-order valence-electron chi connectivity index (χ3n) is 7.49. The molecule has 4 N–H and O–H groups in total. The van der Waals surface area contributed by atoms with Crippen LogP contribution < -0.4 is 16.0 Å². The lowest BCUT2D eigenvalue weighted by Crippen LogP contribution is -2.40. The number of anilines is 2. The summed E-state index contributed by atoms with van der Waals surface area (Å²) in [4.78, 5) is 31.4. The van der Waals surface area contributed by atoms with Gasteiger partial charge in [-0.05, 0) is 76.7 Å². The molecule has 1 amide bonds. The SMILES string of the molecule is Cc1nc(NCC2CC2)nc(NC2CCC(C(O)C(=O)NC3CC3)C2)c1-c1nc2c(C)nccc2s1. The van der Waals surface area contributed by atoms with Gasteiger partial charge in [0, 0.05) is 24.8 Å². The molecular weight excluding hydrogens is 474 g/mol. The van der Waals surface area contributed by atoms with E-state index in [1.165, 1.54) is 12.8 Å². The van der Waals surface area contributed by atoms with E-state index in [1.807, 2.05) is 26.1 Å². The maximum Gasteiger partial charge on any atom is 0.249 e. The van der Waals surface area contributed by atoms with E-state index in [1.54, 1.807) is 11.3 Å². The third-order valence-corrected chi connectivity index (χ3v) is 8.53. The van der Waals surface area contributed by atoms with Crippen LogP contribution in [0.15, 0.2) is 12.3 Å². The van der Waals surface area contributed by atoms with E-state index >= 15 is 0 Å². The molecule has 0 aliphatic heterocycles. The Bertz CT molecular complexity index is 1290. The van der Waals surface area contributed by atoms with Crippen LogP contribution in [-0.4, -0.2) is 55.7 Å². The van der Waals surface area contributed by atoms with Crippen LogP contribution in [0.1, 0.15) is 56.3 Å². The Kier molecular flexibility index (Phi) is 6.25. The van der Waals surface area contributed by atoms with Crippen molar-refractivity contribution in [3.8, 4) is 10.6 Å². The summed E-state index contributed by atoms with van der Waals surface area (Å²) in [5.74, 6) is 1.81. The van der Waals surface area contributed by atoms with Crippen molar-refractivity contribution in [3.05, 3.63) is 23.7 Å². The fourth-order valence-electron chi connectivity index (χ4n) is 5.01. The molecule has 0 spiro atoms. The van der Waals surface area contributed by atoms with Crippen molar-refractivity contribution < 1.29 is 9.90 Å². The van der Waals surface area contributed by atoms with Gasteiger partial charge in [0.25, 0.3) is 0 Å². The number of carbonyl (C=O) groups is 1. The summed E-state index contributed by atoms with van der Waals surface area (Å²) >= 11 is 1.62. The molecular formula is C26H33N7O2S. The van der Waals surface area contributed by atoms with Crippen molar-refractivity contribution in [2.24, 2.45) is 11.8 Å². The Balaban J connectivity index is 1.26. The number of hydrogen-bond donors (Lipinski definition) is 4. The van der Waals surface area contributed by atoms with E-state index < -0.39 is 6.10 Å². The number of amides is 1. The standard InChI is InChI=1S/C26H33N7O2S/c1-13-20(25-32-21-14(2)27-10-9-19(21)36-25)23(33-26(29-13)28-12-15-3-4-15)30-18-6-5-16(11-18)22(34)24(35)31-17-7-8-17/h9-10,15-18,22,34H,3-8,11-12H2,1-2H3,(H,31,35)(H2,28,29,30,33). The van der Waals surface area contributed by atoms with E-state index in [-0.39, 0.29) is 23.9 Å². The van der Waals surface area contributed by atoms with Crippen LogP contribution in [0.25, 0.3) is 20.8 Å². The topological polar surface area (TPSA) is 125 Å². The summed E-state index contributed by atoms with van der Waals surface area (Å²) in [7, 11) is 0. The number of thiazole rings is 1. The van der Waals surface area contributed by atoms with Crippen LogP contribution in [-0.2, 0) is 4.79 Å². The maximum absolute atomic E-state index is 12.4. The van der Waals surface area contributed by atoms with Crippen molar-refractivity contribution >= 4 is 39.2 Å². The molecule has 10 heteroatoms. The highest BCUT2D eigenvalue weighted by Gasteiger charge is 2.36. The smallest absolute Gasteiger partial charge is 0.249 e. The molecule has 3 unspecified atom stereocenters. The molecule has 3 aliphatic carbocycles. The van der Waals surface area contributed by atoms with Gasteiger partial charge in [0.05, 0.1) is 21.7 Å². The van der Waals surface area contributed by atoms with Gasteiger partial charge in [0.15, 0.2) is 0 Å². The second kappa shape index (κ2) is 9.55. The van der Waals surface area contributed by atoms with Gasteiger partial charge in [0.2, 0.25) is 11.9 Å². The second-order valence-electron chi connectivity index (χ2n) is 10.6. The molecule has 0 bridgehead atoms. The van der Waals surface area contributed by atoms with Gasteiger partial charge < -0.3 is 21.1 Å². The Morgan fingerprint density at radius 1 is 1.08 bits per heavy atom. The zero-order valence-corrected chi connectivity index (χ0v) is 21.6. The number of nitrogens with zero attached hydrogens (tertiary/aromatic N) is 4. The first-order valence-electron chi connectivity index (χ1n) is 13.0. The van der Waals surface area contributed by atoms with Crippen LogP contribution in [0.3, 0.4) is 0 Å². The first-order valence-corrected chi connectivity index (χ1v) is 13.9. The van der Waals surface area contributed by atoms with Crippen LogP contribution in [0.2, 0.25) is 0 Å². The Hall–Kier alpha value is -2.85. The summed E-state index contributed by atoms with van der Waals surface area (Å²) in [6.07, 6.45) is 7.79. The number of nitrogens with one attached hydrogen (secondary N) is 3. The van der Waals surface area contributed by atoms with Gasteiger partial charge in [-0.15, -0.1) is 11.3 Å². The van der Waals surface area contributed by atoms with Crippen LogP contribution in [0.4, 0.5) is 11.8 Å². The predicted molar refractivity (Wildman–Crippen MR) is 141 cm³/mol. The highest BCUT2D eigenvalue weighted by Crippen LogP contribution is 2.39. The highest BCUT2D eigenvalue weighted by molar-refractivity contribution is 7.21. The van der Waals surface area contributed by atoms with E-state index in [0.717, 1.165) is 76.6 Å². The fraction of sp³-hybridized carbons (Fsp3) is 0.577. The quantitative estimate of drug-likeness (QED) is 0.345. The number of carbonyl (C=O) groups excluding carboxylic acids is 1. The number of pyridine rings is 1. The molecule has 3 aromatic heterocycles. The number of rotatable bonds is 9. The zero-order chi connectivity index (χ0) is 24.8. The molecule has 6 rings (SSSR count). The minimum atomic E-state index is -0.959. The normalized spacial score (nSPS) is 22.5. The lowest BCUT2D eigenvalue weighted by atomic mass is 10.00. The maximum atomic E-state index is 12.4. The summed E-state index contributed by atoms with van der Waals surface area (Å²) < 4.78 is 1.09. The molecule has 3 aliphatic rings. The lowest BCUT2D eigenvalue weighted by molar-refractivity contribution is -0.132. The number of aliphatic hydroxyl groups excluding tert-OH is 1. The van der Waals surface area contributed by atoms with Gasteiger partial charge in [-0.2, -0.15) is 4.98 Å². The molecule has 36 heavy (non-hydrogen) atoms. The number of hydrogen-bond acceptors (Lipinski definition) is 9. The average molecular weight is 508 g/mol. The number of aliphatic hydroxyl groups is 1. The minimum Gasteiger partial charge on any atom is -0.383 e. The third kappa shape index (κ3) is 5.01. The van der Waals surface area contributed by atoms with Crippen molar-refractivity contribution in [2.45, 2.75) is 77.0 Å². The number of aromatic nitrogens is 4. The minimum absolute atomic E-state index is 0.0590. The molecule has 9 nitrogen and oxygen atoms in total. The summed E-state index contributed by atoms with van der Waals surface area (Å²) in [5.41, 5.74) is 3.59. The van der Waals surface area contributed by atoms with Gasteiger partial charge in [-0.25, -0.2) is 9.97 Å². The fourth-order valence-corrected chi connectivity index (χ4v) is 6.13. The monoisotopic (exact) mass is 507 g/mol. The van der Waals surface area contributed by atoms with Crippen LogP contribution in [0.5, 0.6) is 0 Å². The van der Waals surface area contributed by atoms with Crippen molar-refractivity contribution in [1.29, 1.82) is 0 Å². The van der Waals surface area contributed by atoms with Gasteiger partial charge >= 0.3 is 0 Å². The molecule has 0 saturated heterocycles. The molecule has 190 valence electrons. The molecule has 3 fully saturated rings. The highest BCUT2D eigenvalue weighted by atomic mass is 32.1. The zero-order valence-electron chi connectivity index (χ0n) is 20.8. The first kappa shape index (κ1) is 23.5. The van der Waals surface area contributed by atoms with Gasteiger partial charge in [-0.1, -0.05) is 0 Å². The van der Waals surface area contributed by atoms with Crippen molar-refractivity contribution in [3.63, 3.8) is 0 Å². The molecule has 0 aromatic carbocycles. The van der Waals surface area contributed by atoms with Crippen molar-refractivity contribution in [1.82, 2.24) is 25.3 Å². The van der Waals surface area contributed by atoms with Gasteiger partial charge in [-0.3, -0.25) is 9.78 Å². The molecule has 3 heterocycles. The molecule has 3 aromatic rings. The summed E-state index contributed by atoms with van der Waals surface area (Å²) in [6.45, 7) is 4.87.